The molecule has 0 aliphatic heterocycles. The van der Waals surface area contributed by atoms with Crippen LogP contribution in [0.4, 0.5) is 0 Å². The molecule has 3 heterocycles. The molecule has 0 unspecified atom stereocenters. The van der Waals surface area contributed by atoms with Crippen molar-refractivity contribution in [1.29, 1.82) is 0 Å². The molecule has 6 heteroatoms. The number of hydrogen-bond acceptors (Lipinski definition) is 3. The molecule has 102 valence electrons. The molecule has 0 spiro atoms. The summed E-state index contributed by atoms with van der Waals surface area (Å²) >= 11 is 0. The molecule has 0 bridgehead atoms. The van der Waals surface area contributed by atoms with Gasteiger partial charge in [-0.25, -0.2) is 9.78 Å². The van der Waals surface area contributed by atoms with Crippen molar-refractivity contribution in [2.75, 3.05) is 0 Å². The van der Waals surface area contributed by atoms with Crippen molar-refractivity contribution in [3.63, 3.8) is 0 Å². The third-order valence-electron chi connectivity index (χ3n) is 3.31. The van der Waals surface area contributed by atoms with Gasteiger partial charge in [-0.2, -0.15) is 5.10 Å². The minimum Gasteiger partial charge on any atom is -0.478 e. The molecule has 3 rings (SSSR count). The molecular formula is C14H14N4O2. The fourth-order valence-electron chi connectivity index (χ4n) is 2.39. The SMILES string of the molecule is CCn1nccc1-c1c(C)nc2cc(C(=O)O)ccn12. The monoisotopic (exact) mass is 270 g/mol. The second-order valence-corrected chi connectivity index (χ2v) is 4.53. The number of aromatic nitrogens is 4. The first-order valence-corrected chi connectivity index (χ1v) is 6.36. The highest BCUT2D eigenvalue weighted by Crippen LogP contribution is 2.25. The van der Waals surface area contributed by atoms with Crippen LogP contribution < -0.4 is 0 Å². The first-order chi connectivity index (χ1) is 9.61. The van der Waals surface area contributed by atoms with Gasteiger partial charge in [0.05, 0.1) is 22.6 Å². The van der Waals surface area contributed by atoms with Gasteiger partial charge in [0.25, 0.3) is 0 Å². The van der Waals surface area contributed by atoms with E-state index in [-0.39, 0.29) is 5.56 Å². The van der Waals surface area contributed by atoms with Crippen LogP contribution in [0.5, 0.6) is 0 Å². The topological polar surface area (TPSA) is 72.4 Å². The average Bonchev–Trinajstić information content (AvgIpc) is 2.99. The minimum absolute atomic E-state index is 0.234. The second kappa shape index (κ2) is 4.48. The summed E-state index contributed by atoms with van der Waals surface area (Å²) in [5.74, 6) is -0.951. The van der Waals surface area contributed by atoms with E-state index in [0.717, 1.165) is 23.6 Å². The fraction of sp³-hybridized carbons (Fsp3) is 0.214. The summed E-state index contributed by atoms with van der Waals surface area (Å²) in [6, 6.07) is 5.09. The van der Waals surface area contributed by atoms with Crippen LogP contribution in [0.25, 0.3) is 17.0 Å². The number of aromatic carboxylic acids is 1. The van der Waals surface area contributed by atoms with Crippen LogP contribution in [0.3, 0.4) is 0 Å². The largest absolute Gasteiger partial charge is 0.478 e. The minimum atomic E-state index is -0.951. The standard InChI is InChI=1S/C14H14N4O2/c1-3-18-11(4-6-15-18)13-9(2)16-12-8-10(14(19)20)5-7-17(12)13/h4-8H,3H2,1-2H3,(H,19,20). The Morgan fingerprint density at radius 2 is 2.20 bits per heavy atom. The quantitative estimate of drug-likeness (QED) is 0.792. The lowest BCUT2D eigenvalue weighted by Gasteiger charge is -2.06. The molecule has 0 aliphatic carbocycles. The van der Waals surface area contributed by atoms with Crippen molar-refractivity contribution >= 4 is 11.6 Å². The van der Waals surface area contributed by atoms with Gasteiger partial charge in [0.2, 0.25) is 0 Å². The Labute approximate surface area is 115 Å². The number of carbonyl (C=O) groups is 1. The zero-order valence-corrected chi connectivity index (χ0v) is 11.2. The van der Waals surface area contributed by atoms with Crippen molar-refractivity contribution < 1.29 is 9.90 Å². The fourth-order valence-corrected chi connectivity index (χ4v) is 2.39. The van der Waals surface area contributed by atoms with Crippen molar-refractivity contribution in [3.8, 4) is 11.4 Å². The molecular weight excluding hydrogens is 256 g/mol. The number of nitrogens with zero attached hydrogens (tertiary/aromatic N) is 4. The Morgan fingerprint density at radius 1 is 1.40 bits per heavy atom. The van der Waals surface area contributed by atoms with Crippen molar-refractivity contribution in [1.82, 2.24) is 19.2 Å². The lowest BCUT2D eigenvalue weighted by Crippen LogP contribution is -2.02. The van der Waals surface area contributed by atoms with E-state index < -0.39 is 5.97 Å². The van der Waals surface area contributed by atoms with Gasteiger partial charge in [-0.05, 0) is 32.0 Å². The van der Waals surface area contributed by atoms with Crippen LogP contribution in [0, 0.1) is 6.92 Å². The van der Waals surface area contributed by atoms with E-state index in [1.807, 2.05) is 29.0 Å². The zero-order valence-electron chi connectivity index (χ0n) is 11.2. The molecule has 0 atom stereocenters. The number of carboxylic acids is 1. The first-order valence-electron chi connectivity index (χ1n) is 6.36. The molecule has 0 amide bonds. The van der Waals surface area contributed by atoms with Crippen molar-refractivity contribution in [2.24, 2.45) is 0 Å². The van der Waals surface area contributed by atoms with Gasteiger partial charge in [-0.1, -0.05) is 0 Å². The van der Waals surface area contributed by atoms with E-state index in [9.17, 15) is 4.79 Å². The molecule has 0 saturated heterocycles. The summed E-state index contributed by atoms with van der Waals surface area (Å²) in [4.78, 5) is 15.5. The third kappa shape index (κ3) is 1.77. The summed E-state index contributed by atoms with van der Waals surface area (Å²) in [7, 11) is 0. The summed E-state index contributed by atoms with van der Waals surface area (Å²) in [6.45, 7) is 4.70. The van der Waals surface area contributed by atoms with Crippen LogP contribution in [0.15, 0.2) is 30.6 Å². The number of rotatable bonds is 3. The Morgan fingerprint density at radius 3 is 2.90 bits per heavy atom. The highest BCUT2D eigenvalue weighted by atomic mass is 16.4. The van der Waals surface area contributed by atoms with Crippen LogP contribution in [0.1, 0.15) is 23.0 Å². The molecule has 0 radical (unpaired) electrons. The molecule has 0 saturated carbocycles. The van der Waals surface area contributed by atoms with Crippen LogP contribution in [-0.4, -0.2) is 30.2 Å². The van der Waals surface area contributed by atoms with Gasteiger partial charge < -0.3 is 5.11 Å². The second-order valence-electron chi connectivity index (χ2n) is 4.53. The van der Waals surface area contributed by atoms with E-state index in [0.29, 0.717) is 5.65 Å². The summed E-state index contributed by atoms with van der Waals surface area (Å²) < 4.78 is 3.78. The summed E-state index contributed by atoms with van der Waals surface area (Å²) in [5.41, 5.74) is 3.62. The lowest BCUT2D eigenvalue weighted by molar-refractivity contribution is 0.0697. The van der Waals surface area contributed by atoms with Crippen LogP contribution in [0.2, 0.25) is 0 Å². The Hall–Kier alpha value is -2.63. The predicted molar refractivity (Wildman–Crippen MR) is 73.8 cm³/mol. The van der Waals surface area contributed by atoms with Gasteiger partial charge in [0.1, 0.15) is 5.65 Å². The van der Waals surface area contributed by atoms with E-state index in [4.69, 9.17) is 5.11 Å². The number of imidazole rings is 1. The number of fused-ring (bicyclic) bond motifs is 1. The van der Waals surface area contributed by atoms with E-state index >= 15 is 0 Å². The van der Waals surface area contributed by atoms with Gasteiger partial charge in [0.15, 0.2) is 0 Å². The highest BCUT2D eigenvalue weighted by molar-refractivity contribution is 5.89. The third-order valence-corrected chi connectivity index (χ3v) is 3.31. The first kappa shape index (κ1) is 12.4. The lowest BCUT2D eigenvalue weighted by atomic mass is 10.2. The van der Waals surface area contributed by atoms with Crippen LogP contribution >= 0.6 is 0 Å². The molecule has 0 aromatic carbocycles. The maximum atomic E-state index is 11.0. The average molecular weight is 270 g/mol. The number of pyridine rings is 1. The highest BCUT2D eigenvalue weighted by Gasteiger charge is 2.15. The van der Waals surface area contributed by atoms with E-state index in [1.165, 1.54) is 0 Å². The van der Waals surface area contributed by atoms with Crippen molar-refractivity contribution in [3.05, 3.63) is 41.9 Å². The smallest absolute Gasteiger partial charge is 0.335 e. The van der Waals surface area contributed by atoms with Gasteiger partial charge in [0, 0.05) is 18.9 Å². The molecule has 3 aromatic rings. The normalized spacial score (nSPS) is 11.1. The Bertz CT molecular complexity index is 801. The Balaban J connectivity index is 2.26. The molecule has 3 aromatic heterocycles. The summed E-state index contributed by atoms with van der Waals surface area (Å²) in [6.07, 6.45) is 3.49. The zero-order chi connectivity index (χ0) is 14.3. The maximum absolute atomic E-state index is 11.0. The van der Waals surface area contributed by atoms with E-state index in [2.05, 4.69) is 10.1 Å². The predicted octanol–water partition coefficient (Wildman–Crippen LogP) is 2.22. The summed E-state index contributed by atoms with van der Waals surface area (Å²) in [5, 5.41) is 13.3. The molecule has 1 N–H and O–H groups in total. The number of hydrogen-bond donors (Lipinski definition) is 1. The van der Waals surface area contributed by atoms with Gasteiger partial charge >= 0.3 is 5.97 Å². The molecule has 6 nitrogen and oxygen atoms in total. The number of aryl methyl sites for hydroxylation is 2. The van der Waals surface area contributed by atoms with Crippen molar-refractivity contribution in [2.45, 2.75) is 20.4 Å². The Kier molecular flexibility index (Phi) is 2.78. The van der Waals surface area contributed by atoms with Gasteiger partial charge in [-0.15, -0.1) is 0 Å². The molecule has 20 heavy (non-hydrogen) atoms. The van der Waals surface area contributed by atoms with Gasteiger partial charge in [-0.3, -0.25) is 9.08 Å². The number of carboxylic acid groups (broad SMARTS) is 1. The molecule has 0 fully saturated rings. The molecule has 0 aliphatic rings. The van der Waals surface area contributed by atoms with Crippen LogP contribution in [-0.2, 0) is 6.54 Å². The maximum Gasteiger partial charge on any atom is 0.335 e. The van der Waals surface area contributed by atoms with E-state index in [1.54, 1.807) is 24.5 Å².